The van der Waals surface area contributed by atoms with E-state index >= 15 is 0 Å². The van der Waals surface area contributed by atoms with Gasteiger partial charge in [-0.25, -0.2) is 0 Å². The molecule has 136 valence electrons. The first kappa shape index (κ1) is 17.9. The maximum Gasteiger partial charge on any atom is 0.267 e. The average Bonchev–Trinajstić information content (AvgIpc) is 3.10. The Hall–Kier alpha value is -1.92. The van der Waals surface area contributed by atoms with Gasteiger partial charge in [-0.05, 0) is 31.0 Å². The van der Waals surface area contributed by atoms with Gasteiger partial charge in [0, 0.05) is 19.6 Å². The van der Waals surface area contributed by atoms with Gasteiger partial charge in [0.1, 0.15) is 5.75 Å². The van der Waals surface area contributed by atoms with E-state index in [0.29, 0.717) is 11.8 Å². The lowest BCUT2D eigenvalue weighted by Crippen LogP contribution is -2.44. The van der Waals surface area contributed by atoms with E-state index in [-0.39, 0.29) is 12.1 Å². The lowest BCUT2D eigenvalue weighted by molar-refractivity contribution is 0.152. The van der Waals surface area contributed by atoms with Crippen molar-refractivity contribution >= 4 is 0 Å². The van der Waals surface area contributed by atoms with Gasteiger partial charge in [-0.1, -0.05) is 44.1 Å². The van der Waals surface area contributed by atoms with Crippen molar-refractivity contribution in [2.75, 3.05) is 26.7 Å². The number of likely N-dealkylation sites (N-methyl/N-ethyl adjacent to an activating group) is 1. The minimum atomic E-state index is -0.233. The Labute approximate surface area is 149 Å². The van der Waals surface area contributed by atoms with Crippen molar-refractivity contribution in [1.82, 2.24) is 20.4 Å². The Morgan fingerprint density at radius 2 is 2.16 bits per heavy atom. The van der Waals surface area contributed by atoms with Crippen LogP contribution in [0.1, 0.15) is 62.5 Å². The zero-order chi connectivity index (χ0) is 17.8. The van der Waals surface area contributed by atoms with E-state index < -0.39 is 0 Å². The summed E-state index contributed by atoms with van der Waals surface area (Å²) in [5.41, 5.74) is 1.19. The second-order valence-electron chi connectivity index (χ2n) is 6.90. The van der Waals surface area contributed by atoms with Gasteiger partial charge >= 0.3 is 0 Å². The highest BCUT2D eigenvalue weighted by atomic mass is 16.5. The number of nitrogens with zero attached hydrogens (tertiary/aromatic N) is 3. The molecule has 6 heteroatoms. The summed E-state index contributed by atoms with van der Waals surface area (Å²) in [6, 6.07) is 8.30. The molecule has 1 saturated heterocycles. The van der Waals surface area contributed by atoms with E-state index in [4.69, 9.17) is 9.26 Å². The van der Waals surface area contributed by atoms with Crippen LogP contribution in [0.5, 0.6) is 5.75 Å². The van der Waals surface area contributed by atoms with Crippen LogP contribution < -0.4 is 10.1 Å². The second-order valence-corrected chi connectivity index (χ2v) is 6.90. The van der Waals surface area contributed by atoms with Crippen LogP contribution in [0.4, 0.5) is 0 Å². The van der Waals surface area contributed by atoms with Crippen LogP contribution >= 0.6 is 0 Å². The first-order valence-electron chi connectivity index (χ1n) is 9.10. The van der Waals surface area contributed by atoms with E-state index in [1.807, 2.05) is 18.2 Å². The number of rotatable bonds is 6. The molecule has 2 heterocycles. The third-order valence-electron chi connectivity index (χ3n) is 4.72. The Kier molecular flexibility index (Phi) is 5.71. The third-order valence-corrected chi connectivity index (χ3v) is 4.72. The minimum Gasteiger partial charge on any atom is -0.480 e. The van der Waals surface area contributed by atoms with Crippen molar-refractivity contribution < 1.29 is 9.26 Å². The number of aromatic nitrogens is 2. The number of nitrogens with one attached hydrogen (secondary N) is 1. The molecule has 2 atom stereocenters. The van der Waals surface area contributed by atoms with Crippen molar-refractivity contribution in [2.45, 2.75) is 45.3 Å². The molecule has 0 spiro atoms. The van der Waals surface area contributed by atoms with E-state index in [9.17, 15) is 0 Å². The van der Waals surface area contributed by atoms with Gasteiger partial charge < -0.3 is 14.6 Å². The van der Waals surface area contributed by atoms with E-state index in [1.165, 1.54) is 5.56 Å². The monoisotopic (exact) mass is 344 g/mol. The normalized spacial score (nSPS) is 20.0. The predicted molar refractivity (Wildman–Crippen MR) is 96.7 cm³/mol. The molecule has 2 aromatic rings. The molecule has 0 saturated carbocycles. The van der Waals surface area contributed by atoms with Crippen molar-refractivity contribution in [3.63, 3.8) is 0 Å². The summed E-state index contributed by atoms with van der Waals surface area (Å²) in [7, 11) is 2.09. The Balaban J connectivity index is 1.78. The highest BCUT2D eigenvalue weighted by Crippen LogP contribution is 2.31. The summed E-state index contributed by atoms with van der Waals surface area (Å²) in [5.74, 6) is 2.56. The Morgan fingerprint density at radius 3 is 2.88 bits per heavy atom. The highest BCUT2D eigenvalue weighted by Gasteiger charge is 2.28. The summed E-state index contributed by atoms with van der Waals surface area (Å²) in [4.78, 5) is 6.89. The second kappa shape index (κ2) is 7.97. The van der Waals surface area contributed by atoms with Crippen LogP contribution in [0.25, 0.3) is 0 Å². The maximum atomic E-state index is 6.24. The lowest BCUT2D eigenvalue weighted by Gasteiger charge is -2.30. The Morgan fingerprint density at radius 1 is 1.36 bits per heavy atom. The zero-order valence-corrected chi connectivity index (χ0v) is 15.5. The standard InChI is InChI=1S/C19H28N4O2/c1-5-16(24-17-9-7-6-8-14(17)13(2)3)19-21-18(22-25-19)15-12-20-10-11-23(15)4/h6-9,13,15-16,20H,5,10-12H2,1-4H3. The van der Waals surface area contributed by atoms with Gasteiger partial charge in [0.05, 0.1) is 6.04 Å². The topological polar surface area (TPSA) is 63.4 Å². The van der Waals surface area contributed by atoms with Crippen LogP contribution in [0.15, 0.2) is 28.8 Å². The molecule has 0 aliphatic carbocycles. The van der Waals surface area contributed by atoms with Crippen molar-refractivity contribution in [3.05, 3.63) is 41.5 Å². The number of piperazine rings is 1. The molecule has 3 rings (SSSR count). The smallest absolute Gasteiger partial charge is 0.267 e. The Bertz CT molecular complexity index is 686. The molecule has 25 heavy (non-hydrogen) atoms. The minimum absolute atomic E-state index is 0.145. The molecule has 1 N–H and O–H groups in total. The van der Waals surface area contributed by atoms with Gasteiger partial charge in [0.25, 0.3) is 5.89 Å². The molecule has 1 aliphatic heterocycles. The van der Waals surface area contributed by atoms with Crippen LogP contribution in [0, 0.1) is 0 Å². The fourth-order valence-electron chi connectivity index (χ4n) is 3.13. The number of para-hydroxylation sites is 1. The molecule has 0 amide bonds. The van der Waals surface area contributed by atoms with Crippen molar-refractivity contribution in [3.8, 4) is 5.75 Å². The molecule has 2 unspecified atom stereocenters. The van der Waals surface area contributed by atoms with E-state index in [0.717, 1.165) is 37.6 Å². The lowest BCUT2D eigenvalue weighted by atomic mass is 10.0. The molecule has 1 aromatic heterocycles. The van der Waals surface area contributed by atoms with Crippen LogP contribution in [-0.2, 0) is 0 Å². The highest BCUT2D eigenvalue weighted by molar-refractivity contribution is 5.35. The number of hydrogen-bond donors (Lipinski definition) is 1. The maximum absolute atomic E-state index is 6.24. The fourth-order valence-corrected chi connectivity index (χ4v) is 3.13. The van der Waals surface area contributed by atoms with Gasteiger partial charge in [-0.15, -0.1) is 0 Å². The van der Waals surface area contributed by atoms with Gasteiger partial charge in [-0.2, -0.15) is 4.98 Å². The van der Waals surface area contributed by atoms with Crippen LogP contribution in [0.2, 0.25) is 0 Å². The molecule has 1 aromatic carbocycles. The molecular weight excluding hydrogens is 316 g/mol. The molecule has 1 aliphatic rings. The quantitative estimate of drug-likeness (QED) is 0.867. The molecule has 6 nitrogen and oxygen atoms in total. The van der Waals surface area contributed by atoms with E-state index in [2.05, 4.69) is 54.2 Å². The fraction of sp³-hybridized carbons (Fsp3) is 0.579. The van der Waals surface area contributed by atoms with Crippen molar-refractivity contribution in [2.24, 2.45) is 0 Å². The predicted octanol–water partition coefficient (Wildman–Crippen LogP) is 3.30. The van der Waals surface area contributed by atoms with Crippen molar-refractivity contribution in [1.29, 1.82) is 0 Å². The summed E-state index contributed by atoms with van der Waals surface area (Å²) in [6.45, 7) is 9.21. The molecule has 0 radical (unpaired) electrons. The number of hydrogen-bond acceptors (Lipinski definition) is 6. The molecule has 1 fully saturated rings. The number of ether oxygens (including phenoxy) is 1. The SMILES string of the molecule is CCC(Oc1ccccc1C(C)C)c1nc(C2CNCCN2C)no1. The summed E-state index contributed by atoms with van der Waals surface area (Å²) < 4.78 is 11.8. The van der Waals surface area contributed by atoms with E-state index in [1.54, 1.807) is 0 Å². The van der Waals surface area contributed by atoms with Gasteiger partial charge in [0.2, 0.25) is 0 Å². The largest absolute Gasteiger partial charge is 0.480 e. The average molecular weight is 344 g/mol. The zero-order valence-electron chi connectivity index (χ0n) is 15.5. The first-order chi connectivity index (χ1) is 12.1. The number of benzene rings is 1. The van der Waals surface area contributed by atoms with Gasteiger partial charge in [0.15, 0.2) is 11.9 Å². The summed E-state index contributed by atoms with van der Waals surface area (Å²) in [6.07, 6.45) is 0.537. The molecule has 0 bridgehead atoms. The summed E-state index contributed by atoms with van der Waals surface area (Å²) in [5, 5.41) is 7.59. The summed E-state index contributed by atoms with van der Waals surface area (Å²) >= 11 is 0. The first-order valence-corrected chi connectivity index (χ1v) is 9.10. The van der Waals surface area contributed by atoms with Crippen LogP contribution in [-0.4, -0.2) is 41.7 Å². The third kappa shape index (κ3) is 4.02. The molecular formula is C19H28N4O2. The van der Waals surface area contributed by atoms with Gasteiger partial charge in [-0.3, -0.25) is 4.90 Å². The van der Waals surface area contributed by atoms with Crippen LogP contribution in [0.3, 0.4) is 0 Å².